The molecule has 21 heavy (non-hydrogen) atoms. The molecule has 8 heteroatoms. The van der Waals surface area contributed by atoms with Crippen LogP contribution in [-0.2, 0) is 0 Å². The van der Waals surface area contributed by atoms with E-state index in [1.54, 1.807) is 0 Å². The Hall–Kier alpha value is -2.48. The molecule has 0 aliphatic carbocycles. The Morgan fingerprint density at radius 3 is 2.62 bits per heavy atom. The van der Waals surface area contributed by atoms with Gasteiger partial charge in [0.1, 0.15) is 17.3 Å². The van der Waals surface area contributed by atoms with Gasteiger partial charge in [0, 0.05) is 6.07 Å². The zero-order valence-electron chi connectivity index (χ0n) is 10.2. The van der Waals surface area contributed by atoms with Crippen molar-refractivity contribution in [2.75, 3.05) is 0 Å². The van der Waals surface area contributed by atoms with Gasteiger partial charge in [-0.3, -0.25) is 10.1 Å². The molecule has 0 aromatic heterocycles. The first-order valence-corrected chi connectivity index (χ1v) is 6.32. The molecule has 0 fully saturated rings. The van der Waals surface area contributed by atoms with Gasteiger partial charge in [-0.05, 0) is 34.1 Å². The third kappa shape index (κ3) is 3.54. The number of hydrogen-bond acceptors (Lipinski definition) is 4. The lowest BCUT2D eigenvalue weighted by Gasteiger charge is -2.08. The molecular weight excluding hydrogens is 349 g/mol. The topological polar surface area (TPSA) is 89.7 Å². The molecule has 0 saturated heterocycles. The molecular formula is C13H7BrFNO5. The Morgan fingerprint density at radius 1 is 1.29 bits per heavy atom. The van der Waals surface area contributed by atoms with Crippen molar-refractivity contribution in [1.82, 2.24) is 0 Å². The van der Waals surface area contributed by atoms with Gasteiger partial charge < -0.3 is 9.84 Å². The van der Waals surface area contributed by atoms with Gasteiger partial charge in [-0.1, -0.05) is 0 Å². The summed E-state index contributed by atoms with van der Waals surface area (Å²) in [6, 6.07) is 6.80. The predicted octanol–water partition coefficient (Wildman–Crippen LogP) is 3.99. The SMILES string of the molecule is O=C(O)c1ccc(Br)c(Oc2cc(F)cc([N+](=O)[O-])c2)c1. The number of nitro groups is 1. The highest BCUT2D eigenvalue weighted by Gasteiger charge is 2.13. The van der Waals surface area contributed by atoms with Crippen LogP contribution in [0.5, 0.6) is 11.5 Å². The van der Waals surface area contributed by atoms with E-state index < -0.39 is 22.4 Å². The second kappa shape index (κ2) is 5.88. The van der Waals surface area contributed by atoms with E-state index in [1.807, 2.05) is 0 Å². The van der Waals surface area contributed by atoms with Crippen molar-refractivity contribution in [2.45, 2.75) is 0 Å². The minimum absolute atomic E-state index is 0.0286. The summed E-state index contributed by atoms with van der Waals surface area (Å²) in [6.07, 6.45) is 0. The average Bonchev–Trinajstić information content (AvgIpc) is 2.40. The van der Waals surface area contributed by atoms with Crippen LogP contribution >= 0.6 is 15.9 Å². The fourth-order valence-corrected chi connectivity index (χ4v) is 1.88. The number of halogens is 2. The van der Waals surface area contributed by atoms with E-state index in [-0.39, 0.29) is 17.1 Å². The van der Waals surface area contributed by atoms with E-state index in [9.17, 15) is 19.3 Å². The lowest BCUT2D eigenvalue weighted by Crippen LogP contribution is -1.97. The molecule has 0 atom stereocenters. The monoisotopic (exact) mass is 355 g/mol. The van der Waals surface area contributed by atoms with Crippen molar-refractivity contribution in [3.05, 3.63) is 62.4 Å². The van der Waals surface area contributed by atoms with Gasteiger partial charge >= 0.3 is 5.97 Å². The van der Waals surface area contributed by atoms with Crippen LogP contribution < -0.4 is 4.74 Å². The minimum atomic E-state index is -1.16. The molecule has 6 nitrogen and oxygen atoms in total. The van der Waals surface area contributed by atoms with Crippen LogP contribution in [0.4, 0.5) is 10.1 Å². The van der Waals surface area contributed by atoms with Crippen LogP contribution in [0.25, 0.3) is 0 Å². The molecule has 2 aromatic rings. The van der Waals surface area contributed by atoms with Crippen molar-refractivity contribution in [3.63, 3.8) is 0 Å². The van der Waals surface area contributed by atoms with Crippen LogP contribution in [0.2, 0.25) is 0 Å². The Balaban J connectivity index is 2.40. The normalized spacial score (nSPS) is 10.2. The van der Waals surface area contributed by atoms with Crippen LogP contribution in [0.1, 0.15) is 10.4 Å². The number of rotatable bonds is 4. The number of hydrogen-bond donors (Lipinski definition) is 1. The first-order chi connectivity index (χ1) is 9.86. The van der Waals surface area contributed by atoms with Gasteiger partial charge in [0.25, 0.3) is 5.69 Å². The lowest BCUT2D eigenvalue weighted by molar-refractivity contribution is -0.385. The molecule has 0 aliphatic heterocycles. The Morgan fingerprint density at radius 2 is 2.00 bits per heavy atom. The van der Waals surface area contributed by atoms with Gasteiger partial charge in [0.2, 0.25) is 0 Å². The van der Waals surface area contributed by atoms with E-state index in [0.717, 1.165) is 18.2 Å². The number of nitrogens with zero attached hydrogens (tertiary/aromatic N) is 1. The van der Waals surface area contributed by atoms with E-state index in [1.165, 1.54) is 18.2 Å². The quantitative estimate of drug-likeness (QED) is 0.661. The average molecular weight is 356 g/mol. The molecule has 2 aromatic carbocycles. The smallest absolute Gasteiger partial charge is 0.335 e. The standard InChI is InChI=1S/C13H7BrFNO5/c14-11-2-1-7(13(17)18)3-12(11)21-10-5-8(15)4-9(6-10)16(19)20/h1-6H,(H,17,18). The van der Waals surface area contributed by atoms with E-state index in [2.05, 4.69) is 15.9 Å². The van der Waals surface area contributed by atoms with Gasteiger partial charge in [-0.2, -0.15) is 0 Å². The van der Waals surface area contributed by atoms with Gasteiger partial charge in [-0.25, -0.2) is 9.18 Å². The third-order valence-electron chi connectivity index (χ3n) is 2.47. The number of carboxylic acid groups (broad SMARTS) is 1. The molecule has 0 spiro atoms. The summed E-state index contributed by atoms with van der Waals surface area (Å²) >= 11 is 3.16. The summed E-state index contributed by atoms with van der Waals surface area (Å²) in [5, 5.41) is 19.6. The number of ether oxygens (including phenoxy) is 1. The maximum atomic E-state index is 13.3. The summed E-state index contributed by atoms with van der Waals surface area (Å²) < 4.78 is 19.1. The van der Waals surface area contributed by atoms with Gasteiger partial charge in [0.15, 0.2) is 0 Å². The molecule has 1 N–H and O–H groups in total. The van der Waals surface area contributed by atoms with Crippen molar-refractivity contribution in [2.24, 2.45) is 0 Å². The first kappa shape index (κ1) is 14.9. The summed E-state index contributed by atoms with van der Waals surface area (Å²) in [5.74, 6) is -1.98. The van der Waals surface area contributed by atoms with E-state index >= 15 is 0 Å². The highest BCUT2D eigenvalue weighted by molar-refractivity contribution is 9.10. The Kier molecular flexibility index (Phi) is 4.18. The summed E-state index contributed by atoms with van der Waals surface area (Å²) in [6.45, 7) is 0. The fraction of sp³-hybridized carbons (Fsp3) is 0. The van der Waals surface area contributed by atoms with Crippen LogP contribution in [0.15, 0.2) is 40.9 Å². The molecule has 108 valence electrons. The number of nitro benzene ring substituents is 1. The number of carboxylic acids is 1. The zero-order chi connectivity index (χ0) is 15.6. The molecule has 0 aliphatic rings. The van der Waals surface area contributed by atoms with Crippen molar-refractivity contribution < 1.29 is 24.0 Å². The summed E-state index contributed by atoms with van der Waals surface area (Å²) in [4.78, 5) is 20.8. The largest absolute Gasteiger partial charge is 0.478 e. The first-order valence-electron chi connectivity index (χ1n) is 5.52. The maximum Gasteiger partial charge on any atom is 0.335 e. The highest BCUT2D eigenvalue weighted by atomic mass is 79.9. The van der Waals surface area contributed by atoms with Gasteiger partial charge in [-0.15, -0.1) is 0 Å². The van der Waals surface area contributed by atoms with Crippen LogP contribution in [0.3, 0.4) is 0 Å². The molecule has 0 radical (unpaired) electrons. The third-order valence-corrected chi connectivity index (χ3v) is 3.13. The number of non-ortho nitro benzene ring substituents is 1. The molecule has 0 heterocycles. The molecule has 0 unspecified atom stereocenters. The molecule has 0 saturated carbocycles. The summed E-state index contributed by atoms with van der Waals surface area (Å²) in [5.41, 5.74) is -0.491. The van der Waals surface area contributed by atoms with Gasteiger partial charge in [0.05, 0.1) is 27.1 Å². The number of carbonyl (C=O) groups is 1. The zero-order valence-corrected chi connectivity index (χ0v) is 11.8. The summed E-state index contributed by atoms with van der Waals surface area (Å²) in [7, 11) is 0. The van der Waals surface area contributed by atoms with E-state index in [4.69, 9.17) is 9.84 Å². The minimum Gasteiger partial charge on any atom is -0.478 e. The molecule has 2 rings (SSSR count). The van der Waals surface area contributed by atoms with Crippen molar-refractivity contribution >= 4 is 27.6 Å². The predicted molar refractivity (Wildman–Crippen MR) is 74.2 cm³/mol. The van der Waals surface area contributed by atoms with E-state index in [0.29, 0.717) is 4.47 Å². The highest BCUT2D eigenvalue weighted by Crippen LogP contribution is 2.32. The Bertz CT molecular complexity index is 734. The number of benzene rings is 2. The van der Waals surface area contributed by atoms with Crippen LogP contribution in [0, 0.1) is 15.9 Å². The Labute approximate surface area is 126 Å². The fourth-order valence-electron chi connectivity index (χ4n) is 1.55. The maximum absolute atomic E-state index is 13.3. The molecule has 0 amide bonds. The van der Waals surface area contributed by atoms with Crippen molar-refractivity contribution in [1.29, 1.82) is 0 Å². The lowest BCUT2D eigenvalue weighted by atomic mass is 10.2. The van der Waals surface area contributed by atoms with Crippen molar-refractivity contribution in [3.8, 4) is 11.5 Å². The number of aromatic carboxylic acids is 1. The molecule has 0 bridgehead atoms. The van der Waals surface area contributed by atoms with Crippen LogP contribution in [-0.4, -0.2) is 16.0 Å². The second-order valence-electron chi connectivity index (χ2n) is 3.95. The second-order valence-corrected chi connectivity index (χ2v) is 4.81.